The maximum atomic E-state index is 12.4. The average Bonchev–Trinajstić information content (AvgIpc) is 2.29. The third-order valence-electron chi connectivity index (χ3n) is 2.47. The standard InChI is InChI=1S/C12H16N2O3S/c1-10(2)14(9-5-8-13)18(16,17)12-7-4-3-6-11(12)15/h3-4,6-7,10,15H,5,9H2,1-2H3. The highest BCUT2D eigenvalue weighted by atomic mass is 32.2. The van der Waals surface area contributed by atoms with Gasteiger partial charge < -0.3 is 5.11 Å². The minimum Gasteiger partial charge on any atom is -0.507 e. The van der Waals surface area contributed by atoms with Crippen molar-refractivity contribution in [3.05, 3.63) is 24.3 Å². The van der Waals surface area contributed by atoms with Gasteiger partial charge in [0.1, 0.15) is 10.6 Å². The fourth-order valence-corrected chi connectivity index (χ4v) is 3.34. The zero-order chi connectivity index (χ0) is 13.8. The van der Waals surface area contributed by atoms with E-state index in [1.165, 1.54) is 16.4 Å². The van der Waals surface area contributed by atoms with Crippen LogP contribution in [0.4, 0.5) is 0 Å². The lowest BCUT2D eigenvalue weighted by molar-refractivity contribution is 0.357. The topological polar surface area (TPSA) is 81.4 Å². The largest absolute Gasteiger partial charge is 0.507 e. The molecule has 0 spiro atoms. The average molecular weight is 268 g/mol. The van der Waals surface area contributed by atoms with Crippen LogP contribution in [-0.2, 0) is 10.0 Å². The maximum Gasteiger partial charge on any atom is 0.247 e. The van der Waals surface area contributed by atoms with Crippen molar-refractivity contribution in [1.82, 2.24) is 4.31 Å². The first-order valence-electron chi connectivity index (χ1n) is 5.58. The predicted molar refractivity (Wildman–Crippen MR) is 67.4 cm³/mol. The van der Waals surface area contributed by atoms with Gasteiger partial charge in [-0.1, -0.05) is 12.1 Å². The first-order valence-corrected chi connectivity index (χ1v) is 7.02. The molecule has 0 atom stereocenters. The Labute approximate surface area is 107 Å². The van der Waals surface area contributed by atoms with Crippen LogP contribution >= 0.6 is 0 Å². The number of phenols is 1. The third-order valence-corrected chi connectivity index (χ3v) is 4.59. The molecule has 0 heterocycles. The number of benzene rings is 1. The highest BCUT2D eigenvalue weighted by molar-refractivity contribution is 7.89. The molecular weight excluding hydrogens is 252 g/mol. The molecule has 1 aromatic carbocycles. The van der Waals surface area contributed by atoms with Crippen molar-refractivity contribution in [1.29, 1.82) is 5.26 Å². The summed E-state index contributed by atoms with van der Waals surface area (Å²) in [5.41, 5.74) is 0. The van der Waals surface area contributed by atoms with E-state index in [1.54, 1.807) is 26.0 Å². The van der Waals surface area contributed by atoms with Crippen LogP contribution in [0.2, 0.25) is 0 Å². The second-order valence-corrected chi connectivity index (χ2v) is 5.94. The number of sulfonamides is 1. The van der Waals surface area contributed by atoms with Gasteiger partial charge in [0.2, 0.25) is 10.0 Å². The van der Waals surface area contributed by atoms with Crippen molar-refractivity contribution in [2.24, 2.45) is 0 Å². The summed E-state index contributed by atoms with van der Waals surface area (Å²) in [5, 5.41) is 18.2. The first kappa shape index (κ1) is 14.5. The fourth-order valence-electron chi connectivity index (χ4n) is 1.62. The third kappa shape index (κ3) is 3.00. The molecule has 0 aliphatic heterocycles. The highest BCUT2D eigenvalue weighted by Crippen LogP contribution is 2.26. The van der Waals surface area contributed by atoms with Gasteiger partial charge in [-0.25, -0.2) is 8.42 Å². The summed E-state index contributed by atoms with van der Waals surface area (Å²) in [7, 11) is -3.77. The molecule has 0 amide bonds. The molecule has 0 radical (unpaired) electrons. The van der Waals surface area contributed by atoms with E-state index in [0.717, 1.165) is 0 Å². The molecule has 0 unspecified atom stereocenters. The Morgan fingerprint density at radius 3 is 2.50 bits per heavy atom. The summed E-state index contributed by atoms with van der Waals surface area (Å²) in [5.74, 6) is -0.278. The summed E-state index contributed by atoms with van der Waals surface area (Å²) in [6, 6.07) is 7.44. The Kier molecular flexibility index (Phi) is 4.70. The van der Waals surface area contributed by atoms with Gasteiger partial charge in [-0.05, 0) is 26.0 Å². The monoisotopic (exact) mass is 268 g/mol. The van der Waals surface area contributed by atoms with Gasteiger partial charge in [0.25, 0.3) is 0 Å². The van der Waals surface area contributed by atoms with E-state index in [4.69, 9.17) is 5.26 Å². The fraction of sp³-hybridized carbons (Fsp3) is 0.417. The van der Waals surface area contributed by atoms with Gasteiger partial charge in [-0.2, -0.15) is 9.57 Å². The van der Waals surface area contributed by atoms with Crippen LogP contribution in [0.25, 0.3) is 0 Å². The SMILES string of the molecule is CC(C)N(CCC#N)S(=O)(=O)c1ccccc1O. The molecule has 98 valence electrons. The van der Waals surface area contributed by atoms with Crippen molar-refractivity contribution in [2.45, 2.75) is 31.2 Å². The number of para-hydroxylation sites is 1. The van der Waals surface area contributed by atoms with Crippen molar-refractivity contribution in [2.75, 3.05) is 6.54 Å². The molecule has 6 heteroatoms. The number of rotatable bonds is 5. The molecule has 0 aliphatic rings. The van der Waals surface area contributed by atoms with Crippen LogP contribution in [-0.4, -0.2) is 30.4 Å². The minimum absolute atomic E-state index is 0.116. The molecule has 0 bridgehead atoms. The molecule has 0 saturated heterocycles. The molecule has 1 N–H and O–H groups in total. The quantitative estimate of drug-likeness (QED) is 0.881. The summed E-state index contributed by atoms with van der Waals surface area (Å²) in [4.78, 5) is -0.128. The van der Waals surface area contributed by atoms with Gasteiger partial charge in [-0.15, -0.1) is 0 Å². The smallest absolute Gasteiger partial charge is 0.247 e. The second-order valence-electron chi connectivity index (χ2n) is 4.09. The molecule has 1 aromatic rings. The molecule has 5 nitrogen and oxygen atoms in total. The van der Waals surface area contributed by atoms with Crippen molar-refractivity contribution in [3.63, 3.8) is 0 Å². The molecular formula is C12H16N2O3S. The van der Waals surface area contributed by atoms with Crippen molar-refractivity contribution >= 4 is 10.0 Å². The van der Waals surface area contributed by atoms with Crippen LogP contribution in [0, 0.1) is 11.3 Å². The Bertz CT molecular complexity index is 547. The number of hydrogen-bond donors (Lipinski definition) is 1. The summed E-state index contributed by atoms with van der Waals surface area (Å²) < 4.78 is 25.9. The zero-order valence-corrected chi connectivity index (χ0v) is 11.2. The number of hydrogen-bond acceptors (Lipinski definition) is 4. The van der Waals surface area contributed by atoms with E-state index in [1.807, 2.05) is 6.07 Å². The van der Waals surface area contributed by atoms with E-state index in [-0.39, 0.29) is 29.7 Å². The minimum atomic E-state index is -3.77. The van der Waals surface area contributed by atoms with Crippen LogP contribution in [0.5, 0.6) is 5.75 Å². The Hall–Kier alpha value is -1.58. The predicted octanol–water partition coefficient (Wildman–Crippen LogP) is 1.70. The first-order chi connectivity index (χ1) is 8.41. The summed E-state index contributed by atoms with van der Waals surface area (Å²) in [6.07, 6.45) is 0.116. The van der Waals surface area contributed by atoms with E-state index in [9.17, 15) is 13.5 Å². The van der Waals surface area contributed by atoms with Crippen molar-refractivity contribution in [3.8, 4) is 11.8 Å². The van der Waals surface area contributed by atoms with E-state index in [2.05, 4.69) is 0 Å². The van der Waals surface area contributed by atoms with E-state index >= 15 is 0 Å². The molecule has 0 aliphatic carbocycles. The van der Waals surface area contributed by atoms with Crippen LogP contribution < -0.4 is 0 Å². The molecule has 18 heavy (non-hydrogen) atoms. The molecule has 0 fully saturated rings. The Balaban J connectivity index is 3.19. The number of nitriles is 1. The number of phenolic OH excluding ortho intramolecular Hbond substituents is 1. The zero-order valence-electron chi connectivity index (χ0n) is 10.4. The van der Waals surface area contributed by atoms with Crippen molar-refractivity contribution < 1.29 is 13.5 Å². The number of aromatic hydroxyl groups is 1. The van der Waals surface area contributed by atoms with E-state index in [0.29, 0.717) is 0 Å². The Morgan fingerprint density at radius 2 is 2.00 bits per heavy atom. The number of nitrogens with zero attached hydrogens (tertiary/aromatic N) is 2. The van der Waals surface area contributed by atoms with Gasteiger partial charge in [0.05, 0.1) is 6.07 Å². The van der Waals surface area contributed by atoms with Gasteiger partial charge in [0.15, 0.2) is 0 Å². The van der Waals surface area contributed by atoms with Gasteiger partial charge in [0, 0.05) is 19.0 Å². The highest BCUT2D eigenvalue weighted by Gasteiger charge is 2.28. The molecule has 0 saturated carbocycles. The lowest BCUT2D eigenvalue weighted by Crippen LogP contribution is -2.37. The molecule has 0 aromatic heterocycles. The van der Waals surface area contributed by atoms with Crippen LogP contribution in [0.1, 0.15) is 20.3 Å². The normalized spacial score (nSPS) is 11.7. The van der Waals surface area contributed by atoms with E-state index < -0.39 is 10.0 Å². The van der Waals surface area contributed by atoms with Crippen LogP contribution in [0.3, 0.4) is 0 Å². The van der Waals surface area contributed by atoms with Gasteiger partial charge in [-0.3, -0.25) is 0 Å². The maximum absolute atomic E-state index is 12.4. The Morgan fingerprint density at radius 1 is 1.39 bits per heavy atom. The molecule has 1 rings (SSSR count). The summed E-state index contributed by atoms with van der Waals surface area (Å²) in [6.45, 7) is 3.58. The lowest BCUT2D eigenvalue weighted by Gasteiger charge is -2.25. The van der Waals surface area contributed by atoms with Gasteiger partial charge >= 0.3 is 0 Å². The second kappa shape index (κ2) is 5.85. The lowest BCUT2D eigenvalue weighted by atomic mass is 10.3. The van der Waals surface area contributed by atoms with Crippen LogP contribution in [0.15, 0.2) is 29.2 Å². The summed E-state index contributed by atoms with van der Waals surface area (Å²) >= 11 is 0.